The van der Waals surface area contributed by atoms with E-state index in [-0.39, 0.29) is 6.79 Å². The van der Waals surface area contributed by atoms with Crippen LogP contribution >= 0.6 is 0 Å². The van der Waals surface area contributed by atoms with Gasteiger partial charge in [0.2, 0.25) is 0 Å². The van der Waals surface area contributed by atoms with Crippen molar-refractivity contribution in [2.75, 3.05) is 13.4 Å². The first kappa shape index (κ1) is 16.5. The van der Waals surface area contributed by atoms with E-state index >= 15 is 0 Å². The molecule has 0 aromatic heterocycles. The molecule has 0 bridgehead atoms. The van der Waals surface area contributed by atoms with Crippen molar-refractivity contribution in [2.24, 2.45) is 5.10 Å². The van der Waals surface area contributed by atoms with E-state index < -0.39 is 0 Å². The minimum Gasteiger partial charge on any atom is -0.468 e. The van der Waals surface area contributed by atoms with Crippen LogP contribution in [0.2, 0.25) is 0 Å². The minimum atomic E-state index is 0.170. The summed E-state index contributed by atoms with van der Waals surface area (Å²) in [7, 11) is 0. The zero-order chi connectivity index (χ0) is 16.5. The van der Waals surface area contributed by atoms with Crippen LogP contribution in [-0.4, -0.2) is 25.9 Å². The molecule has 0 spiro atoms. The third kappa shape index (κ3) is 5.41. The molecule has 1 aliphatic rings. The fourth-order valence-corrected chi connectivity index (χ4v) is 1.73. The molecule has 5 heteroatoms. The van der Waals surface area contributed by atoms with Crippen LogP contribution in [0.5, 0.6) is 0 Å². The lowest BCUT2D eigenvalue weighted by molar-refractivity contribution is -0.00609. The normalized spacial score (nSPS) is 18.8. The minimum absolute atomic E-state index is 0.170. The Morgan fingerprint density at radius 3 is 2.78 bits per heavy atom. The standard InChI is InChI=1S/C18H18N2O3/c1-14(17-6-4-16(12-21)5-7-17)11-19-20-18-8-3-15(2)23-13-22-10-9-18/h3-9,11-12,20H,1-2,10,13H2/b8-3-,18-9+,19-11-. The van der Waals surface area contributed by atoms with Gasteiger partial charge in [-0.15, -0.1) is 0 Å². The summed E-state index contributed by atoms with van der Waals surface area (Å²) in [5.74, 6) is 0.517. The Labute approximate surface area is 135 Å². The highest BCUT2D eigenvalue weighted by Crippen LogP contribution is 2.11. The number of nitrogens with one attached hydrogen (secondary N) is 1. The van der Waals surface area contributed by atoms with Crippen molar-refractivity contribution in [1.29, 1.82) is 0 Å². The topological polar surface area (TPSA) is 59.9 Å². The smallest absolute Gasteiger partial charge is 0.189 e. The summed E-state index contributed by atoms with van der Waals surface area (Å²) in [4.78, 5) is 10.6. The molecule has 0 aliphatic carbocycles. The molecule has 0 radical (unpaired) electrons. The SMILES string of the molecule is C=C1/C=C\C(N/N=C\C(=C)c2ccc(C=O)cc2)=C/COCO1. The fourth-order valence-electron chi connectivity index (χ4n) is 1.73. The summed E-state index contributed by atoms with van der Waals surface area (Å²) in [6, 6.07) is 7.13. The quantitative estimate of drug-likeness (QED) is 0.516. The van der Waals surface area contributed by atoms with Crippen molar-refractivity contribution in [3.63, 3.8) is 0 Å². The highest BCUT2D eigenvalue weighted by Gasteiger charge is 1.98. The lowest BCUT2D eigenvalue weighted by Gasteiger charge is -2.03. The second-order valence-corrected chi connectivity index (χ2v) is 4.73. The van der Waals surface area contributed by atoms with Crippen molar-refractivity contribution in [2.45, 2.75) is 0 Å². The summed E-state index contributed by atoms with van der Waals surface area (Å²) in [6.45, 7) is 8.26. The Morgan fingerprint density at radius 1 is 1.26 bits per heavy atom. The van der Waals surface area contributed by atoms with Gasteiger partial charge >= 0.3 is 0 Å². The summed E-state index contributed by atoms with van der Waals surface area (Å²) in [6.07, 6.45) is 7.80. The maximum atomic E-state index is 10.6. The van der Waals surface area contributed by atoms with Crippen LogP contribution in [0.4, 0.5) is 0 Å². The summed E-state index contributed by atoms with van der Waals surface area (Å²) in [5, 5.41) is 4.15. The van der Waals surface area contributed by atoms with Gasteiger partial charge in [-0.1, -0.05) is 37.4 Å². The first-order valence-corrected chi connectivity index (χ1v) is 7.00. The summed E-state index contributed by atoms with van der Waals surface area (Å²) in [5.41, 5.74) is 5.92. The van der Waals surface area contributed by atoms with Gasteiger partial charge in [-0.2, -0.15) is 5.10 Å². The number of aldehydes is 1. The van der Waals surface area contributed by atoms with E-state index in [9.17, 15) is 4.79 Å². The fraction of sp³-hybridized carbons (Fsp3) is 0.111. The second kappa shape index (κ2) is 8.51. The van der Waals surface area contributed by atoms with Crippen molar-refractivity contribution in [3.05, 3.63) is 78.2 Å². The first-order valence-electron chi connectivity index (χ1n) is 7.00. The zero-order valence-electron chi connectivity index (χ0n) is 12.7. The Kier molecular flexibility index (Phi) is 6.08. The Hall–Kier alpha value is -2.92. The van der Waals surface area contributed by atoms with Crippen LogP contribution in [-0.2, 0) is 9.47 Å². The Balaban J connectivity index is 1.97. The average Bonchev–Trinajstić information content (AvgIpc) is 2.67. The molecule has 0 unspecified atom stereocenters. The van der Waals surface area contributed by atoms with Gasteiger partial charge < -0.3 is 9.47 Å². The number of allylic oxidation sites excluding steroid dienone is 3. The van der Waals surface area contributed by atoms with E-state index in [0.717, 1.165) is 23.1 Å². The highest BCUT2D eigenvalue weighted by molar-refractivity contribution is 6.08. The van der Waals surface area contributed by atoms with Crippen molar-refractivity contribution in [1.82, 2.24) is 5.43 Å². The second-order valence-electron chi connectivity index (χ2n) is 4.73. The van der Waals surface area contributed by atoms with Crippen LogP contribution in [0.3, 0.4) is 0 Å². The van der Waals surface area contributed by atoms with Gasteiger partial charge in [0, 0.05) is 5.56 Å². The number of carbonyl (C=O) groups is 1. The number of hydrogen-bond donors (Lipinski definition) is 1. The van der Waals surface area contributed by atoms with Gasteiger partial charge in [0.15, 0.2) is 6.79 Å². The predicted octanol–water partition coefficient (Wildman–Crippen LogP) is 3.05. The molecule has 1 N–H and O–H groups in total. The molecule has 5 nitrogen and oxygen atoms in total. The van der Waals surface area contributed by atoms with Crippen molar-refractivity contribution >= 4 is 18.1 Å². The molecular formula is C18H18N2O3. The van der Waals surface area contributed by atoms with Gasteiger partial charge in [-0.05, 0) is 29.4 Å². The first-order chi connectivity index (χ1) is 11.2. The molecule has 1 aromatic carbocycles. The lowest BCUT2D eigenvalue weighted by atomic mass is 10.1. The number of benzene rings is 1. The van der Waals surface area contributed by atoms with Crippen LogP contribution < -0.4 is 5.43 Å². The third-order valence-corrected chi connectivity index (χ3v) is 3.03. The molecule has 23 heavy (non-hydrogen) atoms. The number of hydrogen-bond acceptors (Lipinski definition) is 5. The van der Waals surface area contributed by atoms with Gasteiger partial charge in [-0.25, -0.2) is 0 Å². The highest BCUT2D eigenvalue weighted by atomic mass is 16.7. The van der Waals surface area contributed by atoms with Gasteiger partial charge in [0.1, 0.15) is 12.0 Å². The molecule has 0 atom stereocenters. The maximum absolute atomic E-state index is 10.6. The number of rotatable bonds is 5. The van der Waals surface area contributed by atoms with Crippen LogP contribution in [0.1, 0.15) is 15.9 Å². The zero-order valence-corrected chi connectivity index (χ0v) is 12.7. The largest absolute Gasteiger partial charge is 0.468 e. The molecule has 2 rings (SSSR count). The summed E-state index contributed by atoms with van der Waals surface area (Å²) < 4.78 is 10.4. The van der Waals surface area contributed by atoms with Crippen LogP contribution in [0.25, 0.3) is 5.57 Å². The molecule has 0 saturated carbocycles. The summed E-state index contributed by atoms with van der Waals surface area (Å²) >= 11 is 0. The molecule has 118 valence electrons. The van der Waals surface area contributed by atoms with E-state index in [0.29, 0.717) is 17.9 Å². The van der Waals surface area contributed by atoms with E-state index in [1.807, 2.05) is 18.2 Å². The van der Waals surface area contributed by atoms with E-state index in [1.165, 1.54) is 0 Å². The van der Waals surface area contributed by atoms with E-state index in [2.05, 4.69) is 23.7 Å². The molecule has 1 aromatic rings. The molecule has 0 saturated heterocycles. The van der Waals surface area contributed by atoms with Gasteiger partial charge in [-0.3, -0.25) is 10.2 Å². The maximum Gasteiger partial charge on any atom is 0.189 e. The molecule has 0 amide bonds. The lowest BCUT2D eigenvalue weighted by Crippen LogP contribution is -2.05. The van der Waals surface area contributed by atoms with Crippen LogP contribution in [0, 0.1) is 0 Å². The monoisotopic (exact) mass is 310 g/mol. The van der Waals surface area contributed by atoms with Gasteiger partial charge in [0.05, 0.1) is 18.5 Å². The Morgan fingerprint density at radius 2 is 2.04 bits per heavy atom. The number of nitrogens with zero attached hydrogens (tertiary/aromatic N) is 1. The van der Waals surface area contributed by atoms with E-state index in [1.54, 1.807) is 30.5 Å². The number of carbonyl (C=O) groups excluding carboxylic acids is 1. The van der Waals surface area contributed by atoms with Crippen LogP contribution in [0.15, 0.2) is 72.2 Å². The number of ether oxygens (including phenoxy) is 2. The molecule has 0 fully saturated rings. The molecule has 1 aliphatic heterocycles. The van der Waals surface area contributed by atoms with Crippen molar-refractivity contribution < 1.29 is 14.3 Å². The average molecular weight is 310 g/mol. The third-order valence-electron chi connectivity index (χ3n) is 3.03. The van der Waals surface area contributed by atoms with Gasteiger partial charge in [0.25, 0.3) is 0 Å². The van der Waals surface area contributed by atoms with Crippen molar-refractivity contribution in [3.8, 4) is 0 Å². The number of hydrazone groups is 1. The molecule has 1 heterocycles. The predicted molar refractivity (Wildman–Crippen MR) is 90.8 cm³/mol. The molecular weight excluding hydrogens is 292 g/mol. The van der Waals surface area contributed by atoms with E-state index in [4.69, 9.17) is 9.47 Å². The Bertz CT molecular complexity index is 670.